The van der Waals surface area contributed by atoms with E-state index in [-0.39, 0.29) is 0 Å². The standard InChI is InChI=1S/C26H14/c1-3-9-17-15(7-1)13-21-22-14-16-8-2-4-10-18(16)24(22)26-20-12-6-5-11-19(20)25(26)23(17)21/h1-14H. The van der Waals surface area contributed by atoms with E-state index in [1.54, 1.807) is 0 Å². The Bertz CT molecular complexity index is 1500. The number of benzene rings is 4. The predicted molar refractivity (Wildman–Crippen MR) is 114 cm³/mol. The second-order valence-corrected chi connectivity index (χ2v) is 7.34. The van der Waals surface area contributed by atoms with Gasteiger partial charge in [-0.2, -0.15) is 0 Å². The highest BCUT2D eigenvalue weighted by atomic mass is 14.2. The molecule has 0 radical (unpaired) electrons. The second-order valence-electron chi connectivity index (χ2n) is 7.34. The van der Waals surface area contributed by atoms with Gasteiger partial charge in [-0.05, 0) is 76.8 Å². The van der Waals surface area contributed by atoms with Crippen LogP contribution in [-0.4, -0.2) is 0 Å². The first-order valence-corrected chi connectivity index (χ1v) is 9.14. The van der Waals surface area contributed by atoms with Crippen LogP contribution >= 0.6 is 0 Å². The van der Waals surface area contributed by atoms with E-state index in [9.17, 15) is 0 Å². The van der Waals surface area contributed by atoms with Gasteiger partial charge in [-0.15, -0.1) is 0 Å². The van der Waals surface area contributed by atoms with E-state index in [1.807, 2.05) is 0 Å². The van der Waals surface area contributed by atoms with Crippen LogP contribution in [-0.2, 0) is 0 Å². The zero-order chi connectivity index (χ0) is 16.8. The van der Waals surface area contributed by atoms with E-state index in [0.717, 1.165) is 0 Å². The number of hydrogen-bond acceptors (Lipinski definition) is 0. The summed E-state index contributed by atoms with van der Waals surface area (Å²) in [6.07, 6.45) is 0. The van der Waals surface area contributed by atoms with Gasteiger partial charge in [0.05, 0.1) is 0 Å². The van der Waals surface area contributed by atoms with Gasteiger partial charge in [0, 0.05) is 0 Å². The minimum Gasteiger partial charge on any atom is -0.0616 e. The Balaban J connectivity index is 1.94. The maximum absolute atomic E-state index is 2.38. The Labute approximate surface area is 149 Å². The zero-order valence-corrected chi connectivity index (χ0v) is 14.1. The third-order valence-corrected chi connectivity index (χ3v) is 6.10. The number of rotatable bonds is 0. The number of fused-ring (bicyclic) bond motifs is 13. The van der Waals surface area contributed by atoms with Gasteiger partial charge in [-0.1, -0.05) is 72.8 Å². The summed E-state index contributed by atoms with van der Waals surface area (Å²) < 4.78 is 0. The first-order chi connectivity index (χ1) is 12.9. The molecule has 7 aromatic rings. The van der Waals surface area contributed by atoms with Gasteiger partial charge in [-0.3, -0.25) is 0 Å². The topological polar surface area (TPSA) is 0 Å². The van der Waals surface area contributed by atoms with E-state index in [1.165, 1.54) is 64.6 Å². The first-order valence-electron chi connectivity index (χ1n) is 9.14. The fourth-order valence-corrected chi connectivity index (χ4v) is 5.06. The fourth-order valence-electron chi connectivity index (χ4n) is 5.06. The van der Waals surface area contributed by atoms with Crippen molar-refractivity contribution in [2.75, 3.05) is 0 Å². The summed E-state index contributed by atoms with van der Waals surface area (Å²) in [4.78, 5) is 0. The van der Waals surface area contributed by atoms with Crippen molar-refractivity contribution in [1.82, 2.24) is 0 Å². The molecule has 26 heavy (non-hydrogen) atoms. The highest BCUT2D eigenvalue weighted by Gasteiger charge is 2.21. The van der Waals surface area contributed by atoms with Crippen molar-refractivity contribution in [3.63, 3.8) is 0 Å². The molecule has 0 fully saturated rings. The van der Waals surface area contributed by atoms with Gasteiger partial charge in [0.15, 0.2) is 0 Å². The third-order valence-electron chi connectivity index (χ3n) is 6.10. The summed E-state index contributed by atoms with van der Waals surface area (Å²) in [5.74, 6) is 0. The van der Waals surface area contributed by atoms with Gasteiger partial charge >= 0.3 is 0 Å². The van der Waals surface area contributed by atoms with Gasteiger partial charge in [0.1, 0.15) is 0 Å². The summed E-state index contributed by atoms with van der Waals surface area (Å²) >= 11 is 0. The lowest BCUT2D eigenvalue weighted by Crippen LogP contribution is -1.87. The van der Waals surface area contributed by atoms with Crippen molar-refractivity contribution in [1.29, 1.82) is 0 Å². The molecule has 0 atom stereocenters. The monoisotopic (exact) mass is 326 g/mol. The lowest BCUT2D eigenvalue weighted by molar-refractivity contribution is 1.83. The Morgan fingerprint density at radius 1 is 0.308 bits per heavy atom. The smallest absolute Gasteiger partial charge is 0.000741 e. The van der Waals surface area contributed by atoms with Crippen molar-refractivity contribution in [2.45, 2.75) is 0 Å². The predicted octanol–water partition coefficient (Wildman–Crippen LogP) is 7.48. The molecular formula is C26H14. The maximum Gasteiger partial charge on any atom is -0.000741 e. The van der Waals surface area contributed by atoms with E-state index in [0.29, 0.717) is 0 Å². The second kappa shape index (κ2) is 4.23. The van der Waals surface area contributed by atoms with Crippen LogP contribution in [0, 0.1) is 0 Å². The first kappa shape index (κ1) is 12.9. The van der Waals surface area contributed by atoms with E-state index in [4.69, 9.17) is 0 Å². The molecule has 0 amide bonds. The lowest BCUT2D eigenvalue weighted by atomic mass is 9.87. The van der Waals surface area contributed by atoms with Gasteiger partial charge in [0.2, 0.25) is 0 Å². The van der Waals surface area contributed by atoms with Crippen LogP contribution in [0.4, 0.5) is 0 Å². The molecule has 0 bridgehead atoms. The van der Waals surface area contributed by atoms with Gasteiger partial charge in [-0.25, -0.2) is 0 Å². The van der Waals surface area contributed by atoms with Gasteiger partial charge < -0.3 is 0 Å². The molecule has 0 spiro atoms. The minimum absolute atomic E-state index is 1.34. The SMILES string of the molecule is c1ccc2c(c1)cc1c3cc4ccccc4c3c3c4ccccc4c3c21. The summed E-state index contributed by atoms with van der Waals surface area (Å²) in [7, 11) is 0. The minimum atomic E-state index is 1.34. The Kier molecular flexibility index (Phi) is 2.10. The van der Waals surface area contributed by atoms with Crippen LogP contribution in [0.25, 0.3) is 64.6 Å². The van der Waals surface area contributed by atoms with Crippen molar-refractivity contribution >= 4 is 64.6 Å². The molecule has 0 aliphatic carbocycles. The maximum atomic E-state index is 2.38. The largest absolute Gasteiger partial charge is 0.0616 e. The van der Waals surface area contributed by atoms with Crippen molar-refractivity contribution in [2.24, 2.45) is 0 Å². The van der Waals surface area contributed by atoms with E-state index in [2.05, 4.69) is 84.9 Å². The fraction of sp³-hybridized carbons (Fsp3) is 0. The molecular weight excluding hydrogens is 312 g/mol. The van der Waals surface area contributed by atoms with E-state index >= 15 is 0 Å². The molecule has 7 aromatic carbocycles. The molecule has 0 heteroatoms. The molecule has 0 aromatic heterocycles. The quantitative estimate of drug-likeness (QED) is 0.271. The highest BCUT2D eigenvalue weighted by Crippen LogP contribution is 2.50. The molecule has 0 unspecified atom stereocenters. The average Bonchev–Trinajstić information content (AvgIpc) is 3.23. The van der Waals surface area contributed by atoms with Gasteiger partial charge in [0.25, 0.3) is 0 Å². The Morgan fingerprint density at radius 2 is 0.692 bits per heavy atom. The van der Waals surface area contributed by atoms with Crippen molar-refractivity contribution in [3.8, 4) is 0 Å². The van der Waals surface area contributed by atoms with Crippen LogP contribution in [0.1, 0.15) is 0 Å². The van der Waals surface area contributed by atoms with Crippen molar-refractivity contribution < 1.29 is 0 Å². The van der Waals surface area contributed by atoms with Crippen LogP contribution in [0.15, 0.2) is 84.9 Å². The highest BCUT2D eigenvalue weighted by molar-refractivity contribution is 6.49. The molecule has 0 aliphatic rings. The summed E-state index contributed by atoms with van der Waals surface area (Å²) in [6.45, 7) is 0. The van der Waals surface area contributed by atoms with E-state index < -0.39 is 0 Å². The van der Waals surface area contributed by atoms with Crippen LogP contribution < -0.4 is 0 Å². The van der Waals surface area contributed by atoms with Crippen LogP contribution in [0.2, 0.25) is 0 Å². The summed E-state index contributed by atoms with van der Waals surface area (Å²) in [6, 6.07) is 31.2. The van der Waals surface area contributed by atoms with Crippen molar-refractivity contribution in [3.05, 3.63) is 84.9 Å². The van der Waals surface area contributed by atoms with Crippen LogP contribution in [0.5, 0.6) is 0 Å². The summed E-state index contributed by atoms with van der Waals surface area (Å²) in [5, 5.41) is 16.8. The Hall–Kier alpha value is -3.38. The lowest BCUT2D eigenvalue weighted by Gasteiger charge is -2.16. The molecule has 0 nitrogen and oxygen atoms in total. The molecule has 0 saturated heterocycles. The molecule has 0 heterocycles. The molecule has 0 saturated carbocycles. The zero-order valence-electron chi connectivity index (χ0n) is 14.1. The van der Waals surface area contributed by atoms with Crippen LogP contribution in [0.3, 0.4) is 0 Å². The third kappa shape index (κ3) is 1.32. The molecule has 7 rings (SSSR count). The average molecular weight is 326 g/mol. The molecule has 0 N–H and O–H groups in total. The number of hydrogen-bond donors (Lipinski definition) is 0. The summed E-state index contributed by atoms with van der Waals surface area (Å²) in [5.41, 5.74) is 0. The Morgan fingerprint density at radius 3 is 1.15 bits per heavy atom. The normalized spacial score (nSPS) is 12.6. The molecule has 118 valence electrons. The molecule has 0 aliphatic heterocycles.